The second-order valence-corrected chi connectivity index (χ2v) is 4.96. The summed E-state index contributed by atoms with van der Waals surface area (Å²) in [6.45, 7) is 5.50. The Balaban J connectivity index is 2.01. The van der Waals surface area contributed by atoms with Crippen LogP contribution >= 0.6 is 0 Å². The summed E-state index contributed by atoms with van der Waals surface area (Å²) in [7, 11) is 0. The highest BCUT2D eigenvalue weighted by atomic mass is 15.3. The molecule has 0 N–H and O–H groups in total. The number of nitrogens with zero attached hydrogens (tertiary/aromatic N) is 5. The number of rotatable bonds is 4. The minimum atomic E-state index is 0.0199. The first kappa shape index (κ1) is 14.3. The Bertz CT molecular complexity index is 520. The number of nitriles is 2. The Morgan fingerprint density at radius 1 is 1.30 bits per heavy atom. The third-order valence-electron chi connectivity index (χ3n) is 3.73. The molecule has 0 bridgehead atoms. The van der Waals surface area contributed by atoms with Gasteiger partial charge in [-0.3, -0.25) is 9.88 Å². The van der Waals surface area contributed by atoms with Gasteiger partial charge >= 0.3 is 0 Å². The van der Waals surface area contributed by atoms with E-state index in [9.17, 15) is 5.26 Å². The zero-order chi connectivity index (χ0) is 14.4. The van der Waals surface area contributed by atoms with Gasteiger partial charge in [0, 0.05) is 32.4 Å². The molecule has 104 valence electrons. The van der Waals surface area contributed by atoms with Crippen molar-refractivity contribution in [1.29, 1.82) is 10.5 Å². The molecule has 1 aromatic rings. The molecular formula is C15H19N5. The third kappa shape index (κ3) is 3.07. The lowest BCUT2D eigenvalue weighted by molar-refractivity contribution is 0.211. The molecule has 1 aromatic heterocycles. The van der Waals surface area contributed by atoms with Crippen molar-refractivity contribution in [3.05, 3.63) is 24.0 Å². The van der Waals surface area contributed by atoms with Crippen molar-refractivity contribution in [2.24, 2.45) is 0 Å². The summed E-state index contributed by atoms with van der Waals surface area (Å²) in [6.07, 6.45) is 5.35. The molecule has 1 aliphatic rings. The van der Waals surface area contributed by atoms with Crippen LogP contribution in [0.2, 0.25) is 0 Å². The lowest BCUT2D eigenvalue weighted by Gasteiger charge is -2.38. The molecule has 0 radical (unpaired) electrons. The van der Waals surface area contributed by atoms with Crippen LogP contribution in [0.3, 0.4) is 0 Å². The maximum absolute atomic E-state index is 9.22. The monoisotopic (exact) mass is 269 g/mol. The van der Waals surface area contributed by atoms with Crippen molar-refractivity contribution in [3.63, 3.8) is 0 Å². The summed E-state index contributed by atoms with van der Waals surface area (Å²) in [5, 5.41) is 18.4. The highest BCUT2D eigenvalue weighted by Gasteiger charge is 2.24. The van der Waals surface area contributed by atoms with Crippen molar-refractivity contribution in [2.45, 2.75) is 25.8 Å². The molecule has 0 amide bonds. The van der Waals surface area contributed by atoms with Crippen molar-refractivity contribution < 1.29 is 0 Å². The van der Waals surface area contributed by atoms with Gasteiger partial charge in [0.2, 0.25) is 0 Å². The molecule has 2 rings (SSSR count). The van der Waals surface area contributed by atoms with Crippen molar-refractivity contribution in [1.82, 2.24) is 9.88 Å². The number of hydrogen-bond donors (Lipinski definition) is 0. The van der Waals surface area contributed by atoms with Gasteiger partial charge in [0.25, 0.3) is 0 Å². The topological polar surface area (TPSA) is 67.0 Å². The van der Waals surface area contributed by atoms with Crippen LogP contribution in [0.4, 0.5) is 5.69 Å². The van der Waals surface area contributed by atoms with E-state index in [4.69, 9.17) is 5.26 Å². The van der Waals surface area contributed by atoms with Gasteiger partial charge in [0.1, 0.15) is 6.07 Å². The molecule has 0 aliphatic carbocycles. The van der Waals surface area contributed by atoms with Crippen LogP contribution in [0.5, 0.6) is 0 Å². The summed E-state index contributed by atoms with van der Waals surface area (Å²) in [4.78, 5) is 8.53. The van der Waals surface area contributed by atoms with Gasteiger partial charge in [-0.2, -0.15) is 10.5 Å². The standard InChI is InChI=1S/C15H19N5/c1-2-3-14(11-17)19-6-8-20(9-7-19)15-12-18-5-4-13(15)10-16/h4-5,12,14H,2-3,6-9H2,1H3. The fraction of sp³-hybridized carbons (Fsp3) is 0.533. The predicted molar refractivity (Wildman–Crippen MR) is 77.0 cm³/mol. The summed E-state index contributed by atoms with van der Waals surface area (Å²) < 4.78 is 0. The van der Waals surface area contributed by atoms with Crippen LogP contribution in [0.1, 0.15) is 25.3 Å². The van der Waals surface area contributed by atoms with Gasteiger partial charge in [-0.1, -0.05) is 13.3 Å². The van der Waals surface area contributed by atoms with Crippen LogP contribution in [-0.2, 0) is 0 Å². The van der Waals surface area contributed by atoms with E-state index in [1.54, 1.807) is 18.5 Å². The number of hydrogen-bond acceptors (Lipinski definition) is 5. The quantitative estimate of drug-likeness (QED) is 0.833. The average molecular weight is 269 g/mol. The Hall–Kier alpha value is -2.11. The second kappa shape index (κ2) is 6.88. The summed E-state index contributed by atoms with van der Waals surface area (Å²) in [5.74, 6) is 0. The SMILES string of the molecule is CCCC(C#N)N1CCN(c2cnccc2C#N)CC1. The van der Waals surface area contributed by atoms with Crippen LogP contribution in [0, 0.1) is 22.7 Å². The molecule has 1 atom stereocenters. The Kier molecular flexibility index (Phi) is 4.92. The zero-order valence-electron chi connectivity index (χ0n) is 11.8. The number of aromatic nitrogens is 1. The minimum Gasteiger partial charge on any atom is -0.367 e. The fourth-order valence-electron chi connectivity index (χ4n) is 2.61. The van der Waals surface area contributed by atoms with Gasteiger partial charge < -0.3 is 4.90 Å². The van der Waals surface area contributed by atoms with E-state index in [1.165, 1.54) is 0 Å². The number of pyridine rings is 1. The molecule has 5 nitrogen and oxygen atoms in total. The van der Waals surface area contributed by atoms with E-state index in [1.807, 2.05) is 0 Å². The first-order chi connectivity index (χ1) is 9.80. The first-order valence-corrected chi connectivity index (χ1v) is 7.03. The first-order valence-electron chi connectivity index (χ1n) is 7.03. The molecule has 1 saturated heterocycles. The molecule has 0 aromatic carbocycles. The average Bonchev–Trinajstić information content (AvgIpc) is 2.53. The lowest BCUT2D eigenvalue weighted by Crippen LogP contribution is -2.50. The van der Waals surface area contributed by atoms with Crippen LogP contribution in [0.25, 0.3) is 0 Å². The van der Waals surface area contributed by atoms with Gasteiger partial charge in [0.05, 0.1) is 29.6 Å². The van der Waals surface area contributed by atoms with Gasteiger partial charge in [-0.25, -0.2) is 0 Å². The van der Waals surface area contributed by atoms with Crippen molar-refractivity contribution in [3.8, 4) is 12.1 Å². The van der Waals surface area contributed by atoms with Crippen LogP contribution in [0.15, 0.2) is 18.5 Å². The lowest BCUT2D eigenvalue weighted by atomic mass is 10.1. The molecule has 1 fully saturated rings. The van der Waals surface area contributed by atoms with E-state index in [2.05, 4.69) is 33.8 Å². The molecule has 1 unspecified atom stereocenters. The maximum atomic E-state index is 9.22. The van der Waals surface area contributed by atoms with Gasteiger partial charge in [0.15, 0.2) is 0 Å². The second-order valence-electron chi connectivity index (χ2n) is 4.96. The van der Waals surface area contributed by atoms with E-state index in [0.29, 0.717) is 5.56 Å². The summed E-state index contributed by atoms with van der Waals surface area (Å²) >= 11 is 0. The summed E-state index contributed by atoms with van der Waals surface area (Å²) in [5.41, 5.74) is 1.57. The Morgan fingerprint density at radius 3 is 2.65 bits per heavy atom. The minimum absolute atomic E-state index is 0.0199. The molecule has 0 saturated carbocycles. The van der Waals surface area contributed by atoms with Crippen LogP contribution in [-0.4, -0.2) is 42.1 Å². The molecule has 1 aliphatic heterocycles. The van der Waals surface area contributed by atoms with Crippen molar-refractivity contribution >= 4 is 5.69 Å². The van der Waals surface area contributed by atoms with Crippen molar-refractivity contribution in [2.75, 3.05) is 31.1 Å². The van der Waals surface area contributed by atoms with E-state index in [-0.39, 0.29) is 6.04 Å². The molecule has 20 heavy (non-hydrogen) atoms. The van der Waals surface area contributed by atoms with Crippen LogP contribution < -0.4 is 4.90 Å². The normalized spacial score (nSPS) is 17.2. The molecule has 0 spiro atoms. The summed E-state index contributed by atoms with van der Waals surface area (Å²) in [6, 6.07) is 6.37. The maximum Gasteiger partial charge on any atom is 0.101 e. The largest absolute Gasteiger partial charge is 0.367 e. The smallest absolute Gasteiger partial charge is 0.101 e. The van der Waals surface area contributed by atoms with Gasteiger partial charge in [-0.15, -0.1) is 0 Å². The Morgan fingerprint density at radius 2 is 2.05 bits per heavy atom. The molecule has 2 heterocycles. The van der Waals surface area contributed by atoms with Gasteiger partial charge in [-0.05, 0) is 12.5 Å². The Labute approximate surface area is 120 Å². The van der Waals surface area contributed by atoms with E-state index in [0.717, 1.165) is 44.7 Å². The zero-order valence-corrected chi connectivity index (χ0v) is 11.8. The van der Waals surface area contributed by atoms with E-state index < -0.39 is 0 Å². The number of anilines is 1. The predicted octanol–water partition coefficient (Wildman–Crippen LogP) is 1.77. The highest BCUT2D eigenvalue weighted by Crippen LogP contribution is 2.21. The molecular weight excluding hydrogens is 250 g/mol. The number of piperazine rings is 1. The fourth-order valence-corrected chi connectivity index (χ4v) is 2.61. The highest BCUT2D eigenvalue weighted by molar-refractivity contribution is 5.57. The third-order valence-corrected chi connectivity index (χ3v) is 3.73. The van der Waals surface area contributed by atoms with E-state index >= 15 is 0 Å². The molecule has 5 heteroatoms.